The second kappa shape index (κ2) is 7.13. The van der Waals surface area contributed by atoms with Gasteiger partial charge in [0.05, 0.1) is 6.04 Å². The summed E-state index contributed by atoms with van der Waals surface area (Å²) in [6.45, 7) is 1.88. The Balaban J connectivity index is 1.64. The number of anilines is 1. The van der Waals surface area contributed by atoms with Gasteiger partial charge in [0.1, 0.15) is 11.1 Å². The van der Waals surface area contributed by atoms with Crippen molar-refractivity contribution >= 4 is 39.3 Å². The average Bonchev–Trinajstić information content (AvgIpc) is 3.03. The van der Waals surface area contributed by atoms with Crippen LogP contribution in [0.4, 0.5) is 5.69 Å². The Morgan fingerprint density at radius 2 is 1.88 bits per heavy atom. The molecule has 8 heteroatoms. The lowest BCUT2D eigenvalue weighted by molar-refractivity contribution is -0.116. The molecule has 132 valence electrons. The third-order valence-corrected chi connectivity index (χ3v) is 5.87. The summed E-state index contributed by atoms with van der Waals surface area (Å²) in [6.07, 6.45) is 0. The molecule has 0 bridgehead atoms. The number of halogens is 1. The van der Waals surface area contributed by atoms with Crippen LogP contribution in [0.3, 0.4) is 0 Å². The number of aromatic nitrogens is 3. The van der Waals surface area contributed by atoms with Gasteiger partial charge in [-0.15, -0.1) is 10.2 Å². The lowest BCUT2D eigenvalue weighted by atomic mass is 10.0. The minimum atomic E-state index is -0.378. The van der Waals surface area contributed by atoms with E-state index in [4.69, 9.17) is 0 Å². The highest BCUT2D eigenvalue weighted by atomic mass is 79.9. The SMILES string of the molecule is Cc1nnc2n1NC(c1ccccc1)C(C(=O)Nc1ccc(Br)cc1)S2. The molecule has 1 aliphatic heterocycles. The maximum atomic E-state index is 13.0. The maximum absolute atomic E-state index is 13.0. The van der Waals surface area contributed by atoms with Gasteiger partial charge in [-0.3, -0.25) is 4.79 Å². The highest BCUT2D eigenvalue weighted by molar-refractivity contribution is 9.10. The van der Waals surface area contributed by atoms with Gasteiger partial charge in [0.2, 0.25) is 11.1 Å². The van der Waals surface area contributed by atoms with Gasteiger partial charge in [0, 0.05) is 10.2 Å². The molecule has 1 aliphatic rings. The minimum Gasteiger partial charge on any atom is -0.325 e. The fraction of sp³-hybridized carbons (Fsp3) is 0.167. The van der Waals surface area contributed by atoms with E-state index in [-0.39, 0.29) is 17.2 Å². The van der Waals surface area contributed by atoms with Crippen molar-refractivity contribution in [3.05, 3.63) is 70.5 Å². The van der Waals surface area contributed by atoms with Crippen LogP contribution in [0.25, 0.3) is 0 Å². The summed E-state index contributed by atoms with van der Waals surface area (Å²) in [5, 5.41) is 11.6. The molecular formula is C18H16BrN5OS. The van der Waals surface area contributed by atoms with E-state index in [9.17, 15) is 4.79 Å². The van der Waals surface area contributed by atoms with E-state index >= 15 is 0 Å². The quantitative estimate of drug-likeness (QED) is 0.663. The molecule has 2 aromatic carbocycles. The predicted molar refractivity (Wildman–Crippen MR) is 106 cm³/mol. The van der Waals surface area contributed by atoms with Gasteiger partial charge in [-0.2, -0.15) is 0 Å². The summed E-state index contributed by atoms with van der Waals surface area (Å²) in [5.74, 6) is 0.686. The Morgan fingerprint density at radius 3 is 2.62 bits per heavy atom. The van der Waals surface area contributed by atoms with Crippen molar-refractivity contribution in [2.45, 2.75) is 23.4 Å². The Hall–Kier alpha value is -2.32. The zero-order valence-corrected chi connectivity index (χ0v) is 16.3. The van der Waals surface area contributed by atoms with Crippen LogP contribution in [-0.4, -0.2) is 26.0 Å². The van der Waals surface area contributed by atoms with Crippen LogP contribution < -0.4 is 10.7 Å². The molecule has 0 saturated carbocycles. The third kappa shape index (κ3) is 3.34. The van der Waals surface area contributed by atoms with Crippen LogP contribution in [-0.2, 0) is 4.79 Å². The van der Waals surface area contributed by atoms with Crippen molar-refractivity contribution in [1.29, 1.82) is 0 Å². The summed E-state index contributed by atoms with van der Waals surface area (Å²) in [6, 6.07) is 17.3. The van der Waals surface area contributed by atoms with Crippen molar-refractivity contribution in [2.75, 3.05) is 10.7 Å². The van der Waals surface area contributed by atoms with E-state index in [0.29, 0.717) is 5.16 Å². The van der Waals surface area contributed by atoms with Gasteiger partial charge in [-0.25, -0.2) is 4.68 Å². The lowest BCUT2D eigenvalue weighted by Gasteiger charge is -2.32. The minimum absolute atomic E-state index is 0.0782. The Kier molecular flexibility index (Phi) is 4.69. The van der Waals surface area contributed by atoms with E-state index in [1.54, 1.807) is 0 Å². The number of nitrogens with one attached hydrogen (secondary N) is 2. The van der Waals surface area contributed by atoms with Gasteiger partial charge in [-0.1, -0.05) is 58.0 Å². The van der Waals surface area contributed by atoms with E-state index in [2.05, 4.69) is 36.9 Å². The van der Waals surface area contributed by atoms with E-state index in [1.165, 1.54) is 11.8 Å². The first-order valence-electron chi connectivity index (χ1n) is 8.08. The molecule has 0 spiro atoms. The van der Waals surface area contributed by atoms with Crippen LogP contribution >= 0.6 is 27.7 Å². The topological polar surface area (TPSA) is 71.8 Å². The molecule has 0 radical (unpaired) electrons. The highest BCUT2D eigenvalue weighted by Gasteiger charge is 2.37. The number of fused-ring (bicyclic) bond motifs is 1. The Bertz CT molecular complexity index is 929. The number of carbonyl (C=O) groups is 1. The standard InChI is InChI=1S/C18H16BrN5OS/c1-11-21-22-18-24(11)23-15(12-5-3-2-4-6-12)16(26-18)17(25)20-14-9-7-13(19)8-10-14/h2-10,15-16,23H,1H3,(H,20,25). The molecule has 2 unspecified atom stereocenters. The molecule has 26 heavy (non-hydrogen) atoms. The van der Waals surface area contributed by atoms with Crippen molar-refractivity contribution in [3.8, 4) is 0 Å². The number of hydrogen-bond acceptors (Lipinski definition) is 5. The summed E-state index contributed by atoms with van der Waals surface area (Å²) in [7, 11) is 0. The first-order chi connectivity index (χ1) is 12.6. The first kappa shape index (κ1) is 17.1. The van der Waals surface area contributed by atoms with Crippen molar-refractivity contribution in [2.24, 2.45) is 0 Å². The lowest BCUT2D eigenvalue weighted by Crippen LogP contribution is -2.41. The number of hydrogen-bond donors (Lipinski definition) is 2. The summed E-state index contributed by atoms with van der Waals surface area (Å²) in [4.78, 5) is 13.0. The maximum Gasteiger partial charge on any atom is 0.240 e. The van der Waals surface area contributed by atoms with Crippen molar-refractivity contribution in [3.63, 3.8) is 0 Å². The fourth-order valence-corrected chi connectivity index (χ4v) is 4.21. The fourth-order valence-electron chi connectivity index (χ4n) is 2.82. The van der Waals surface area contributed by atoms with Crippen LogP contribution in [0.15, 0.2) is 64.2 Å². The number of benzene rings is 2. The zero-order valence-electron chi connectivity index (χ0n) is 13.9. The molecule has 0 fully saturated rings. The molecule has 4 rings (SSSR count). The normalized spacial score (nSPS) is 18.7. The van der Waals surface area contributed by atoms with Gasteiger partial charge in [-0.05, 0) is 36.8 Å². The zero-order chi connectivity index (χ0) is 18.1. The second-order valence-electron chi connectivity index (χ2n) is 5.92. The number of nitrogens with zero attached hydrogens (tertiary/aromatic N) is 3. The van der Waals surface area contributed by atoms with Crippen molar-refractivity contribution in [1.82, 2.24) is 14.9 Å². The Morgan fingerprint density at radius 1 is 1.15 bits per heavy atom. The molecule has 2 heterocycles. The molecule has 0 saturated heterocycles. The average molecular weight is 430 g/mol. The second-order valence-corrected chi connectivity index (χ2v) is 7.94. The van der Waals surface area contributed by atoms with Crippen LogP contribution in [0, 0.1) is 6.92 Å². The van der Waals surface area contributed by atoms with Gasteiger partial charge in [0.25, 0.3) is 0 Å². The van der Waals surface area contributed by atoms with Gasteiger partial charge < -0.3 is 10.7 Å². The van der Waals surface area contributed by atoms with E-state index in [0.717, 1.165) is 21.5 Å². The van der Waals surface area contributed by atoms with Crippen LogP contribution in [0.5, 0.6) is 0 Å². The highest BCUT2D eigenvalue weighted by Crippen LogP contribution is 2.37. The largest absolute Gasteiger partial charge is 0.325 e. The molecular weight excluding hydrogens is 414 g/mol. The van der Waals surface area contributed by atoms with E-state index < -0.39 is 0 Å². The molecule has 2 atom stereocenters. The first-order valence-corrected chi connectivity index (χ1v) is 9.76. The molecule has 6 nitrogen and oxygen atoms in total. The van der Waals surface area contributed by atoms with Gasteiger partial charge >= 0.3 is 0 Å². The van der Waals surface area contributed by atoms with Crippen molar-refractivity contribution < 1.29 is 4.79 Å². The molecule has 2 N–H and O–H groups in total. The third-order valence-electron chi connectivity index (χ3n) is 4.13. The summed E-state index contributed by atoms with van der Waals surface area (Å²) in [5.41, 5.74) is 5.18. The number of amides is 1. The number of rotatable bonds is 3. The number of carbonyl (C=O) groups excluding carboxylic acids is 1. The number of aryl methyl sites for hydroxylation is 1. The summed E-state index contributed by atoms with van der Waals surface area (Å²) >= 11 is 4.82. The smallest absolute Gasteiger partial charge is 0.240 e. The Labute approximate surface area is 163 Å². The molecule has 1 amide bonds. The molecule has 3 aromatic rings. The van der Waals surface area contributed by atoms with Crippen LogP contribution in [0.2, 0.25) is 0 Å². The van der Waals surface area contributed by atoms with Crippen LogP contribution in [0.1, 0.15) is 17.4 Å². The molecule has 0 aliphatic carbocycles. The monoisotopic (exact) mass is 429 g/mol. The van der Waals surface area contributed by atoms with Gasteiger partial charge in [0.15, 0.2) is 0 Å². The molecule has 1 aromatic heterocycles. The predicted octanol–water partition coefficient (Wildman–Crippen LogP) is 3.75. The number of thioether (sulfide) groups is 1. The van der Waals surface area contributed by atoms with E-state index in [1.807, 2.05) is 66.2 Å². The summed E-state index contributed by atoms with van der Waals surface area (Å²) < 4.78 is 2.81.